The van der Waals surface area contributed by atoms with Crippen LogP contribution in [-0.4, -0.2) is 47.5 Å². The van der Waals surface area contributed by atoms with E-state index in [0.29, 0.717) is 10.6 Å². The number of hydrogen-bond acceptors (Lipinski definition) is 16. The Kier molecular flexibility index (Phi) is 38.2. The predicted molar refractivity (Wildman–Crippen MR) is 307 cm³/mol. The van der Waals surface area contributed by atoms with Crippen molar-refractivity contribution < 1.29 is 69.4 Å². The maximum absolute atomic E-state index is 12.9. The van der Waals surface area contributed by atoms with Gasteiger partial charge in [-0.05, 0) is 86.7 Å². The monoisotopic (exact) mass is 1560 g/mol. The second kappa shape index (κ2) is 36.6. The van der Waals surface area contributed by atoms with E-state index >= 15 is 0 Å². The van der Waals surface area contributed by atoms with E-state index in [2.05, 4.69) is 119 Å². The van der Waals surface area contributed by atoms with Gasteiger partial charge in [0.15, 0.2) is 15.4 Å². The summed E-state index contributed by atoms with van der Waals surface area (Å²) >= 11 is 17.4. The van der Waals surface area contributed by atoms with Gasteiger partial charge in [-0.25, -0.2) is 15.0 Å². The third kappa shape index (κ3) is 24.5. The molecule has 8 N–H and O–H groups in total. The molecule has 0 unspecified atom stereocenters. The number of nitrogens with two attached hydrogens (primary N) is 4. The maximum Gasteiger partial charge on any atom is 0.505 e. The van der Waals surface area contributed by atoms with E-state index in [1.807, 2.05) is 41.5 Å². The van der Waals surface area contributed by atoms with Crippen molar-refractivity contribution in [3.8, 4) is 20.9 Å². The summed E-state index contributed by atoms with van der Waals surface area (Å²) in [6.45, 7) is 19.0. The van der Waals surface area contributed by atoms with Gasteiger partial charge < -0.3 is 39.2 Å². The van der Waals surface area contributed by atoms with Crippen LogP contribution in [-0.2, 0) is 46.4 Å². The first-order chi connectivity index (χ1) is 31.4. The van der Waals surface area contributed by atoms with Gasteiger partial charge in [0.1, 0.15) is 10.8 Å². The third-order valence-electron chi connectivity index (χ3n) is 8.00. The first kappa shape index (κ1) is 72.0. The molecule has 15 nitrogen and oxygen atoms in total. The Balaban J connectivity index is -0.000000783. The van der Waals surface area contributed by atoms with Crippen LogP contribution in [0.3, 0.4) is 0 Å². The minimum absolute atomic E-state index is 0. The average molecular weight is 1560 g/mol. The normalized spacial score (nSPS) is 12.1. The third-order valence-corrected chi connectivity index (χ3v) is 11.0. The van der Waals surface area contributed by atoms with E-state index < -0.39 is 22.1 Å². The second-order valence-electron chi connectivity index (χ2n) is 12.7. The smallest absolute Gasteiger partial charge is 0.399 e. The van der Waals surface area contributed by atoms with E-state index in [4.69, 9.17) is 43.8 Å². The molecule has 0 saturated carbocycles. The molecule has 6 aromatic rings. The topological polar surface area (TPSA) is 247 Å². The number of nitro groups is 2. The summed E-state index contributed by atoms with van der Waals surface area (Å²) in [5.41, 5.74) is 21.9. The number of aromatic nitrogens is 3. The molecular formula is C40H48BClF3I4N9O6S3V2-2. The van der Waals surface area contributed by atoms with Crippen molar-refractivity contribution in [2.24, 2.45) is 0 Å². The molecule has 6 aromatic heterocycles. The molecule has 29 heteroatoms. The van der Waals surface area contributed by atoms with Crippen LogP contribution in [0.2, 0.25) is 5.02 Å². The molecule has 1 fully saturated rings. The fourth-order valence-corrected chi connectivity index (χ4v) is 6.96. The number of anilines is 4. The Hall–Kier alpha value is -1.30. The van der Waals surface area contributed by atoms with Gasteiger partial charge >= 0.3 is 18.5 Å². The van der Waals surface area contributed by atoms with Crippen LogP contribution < -0.4 is 27.7 Å². The quantitative estimate of drug-likeness (QED) is 0.0314. The maximum atomic E-state index is 12.9. The van der Waals surface area contributed by atoms with Gasteiger partial charge in [0.25, 0.3) is 0 Å². The zero-order chi connectivity index (χ0) is 51.8. The van der Waals surface area contributed by atoms with Crippen molar-refractivity contribution in [3.63, 3.8) is 0 Å². The van der Waals surface area contributed by atoms with Crippen LogP contribution in [0, 0.1) is 42.5 Å². The Morgan fingerprint density at radius 3 is 1.39 bits per heavy atom. The van der Waals surface area contributed by atoms with E-state index in [-0.39, 0.29) is 98.0 Å². The zero-order valence-electron chi connectivity index (χ0n) is 38.1. The largest absolute Gasteiger partial charge is 0.505 e. The molecule has 7 rings (SSSR count). The minimum atomic E-state index is -0.662. The number of halogens is 8. The molecule has 0 aliphatic carbocycles. The molecule has 0 aromatic carbocycles. The summed E-state index contributed by atoms with van der Waals surface area (Å²) in [4.78, 5) is 32.0. The van der Waals surface area contributed by atoms with E-state index in [0.717, 1.165) is 49.2 Å². The van der Waals surface area contributed by atoms with Gasteiger partial charge in [0.2, 0.25) is 11.6 Å². The molecule has 0 atom stereocenters. The summed E-state index contributed by atoms with van der Waals surface area (Å²) < 4.78 is 53.4. The molecule has 0 bridgehead atoms. The van der Waals surface area contributed by atoms with Crippen molar-refractivity contribution in [1.82, 2.24) is 15.0 Å². The second-order valence-corrected chi connectivity index (χ2v) is 27.2. The number of nitrogen functional groups attached to an aromatic ring is 4. The van der Waals surface area contributed by atoms with Gasteiger partial charge in [0.05, 0.1) is 32.3 Å². The van der Waals surface area contributed by atoms with Crippen molar-refractivity contribution in [1.29, 1.82) is 0 Å². The van der Waals surface area contributed by atoms with Gasteiger partial charge in [-0.1, -0.05) is 55.0 Å². The SMILES string of the molecule is CC.CC1(C)OB(c2ccc(F)s2)OC1(C)C.CCI.I[C-](I)I.Nc1nccc(-c2ccc(F)s2)c1N.Nc1nccc(-c2ccc(F)s2)c1[N+](=O)[O-].Nc1nccc(Cl)c1[N+](=O)[O-].[CH2-]C.[V].[V]. The Labute approximate surface area is 496 Å². The average Bonchev–Trinajstić information content (AvgIpc) is 4.05. The molecule has 1 aliphatic heterocycles. The van der Waals surface area contributed by atoms with Crippen molar-refractivity contribution >= 4 is 182 Å². The zero-order valence-corrected chi connectivity index (χ0v) is 52.7. The first-order valence-corrected chi connectivity index (χ1v) is 26.6. The van der Waals surface area contributed by atoms with E-state index in [1.54, 1.807) is 31.3 Å². The van der Waals surface area contributed by atoms with Crippen LogP contribution in [0.4, 0.5) is 47.7 Å². The molecule has 0 amide bonds. The Morgan fingerprint density at radius 1 is 0.696 bits per heavy atom. The molecule has 7 heterocycles. The van der Waals surface area contributed by atoms with Gasteiger partial charge in [-0.3, -0.25) is 88.0 Å². The Bertz CT molecular complexity index is 2420. The fourth-order valence-electron chi connectivity index (χ4n) is 4.52. The first-order valence-electron chi connectivity index (χ1n) is 19.0. The molecule has 1 saturated heterocycles. The number of alkyl halides is 1. The summed E-state index contributed by atoms with van der Waals surface area (Å²) in [7, 11) is -0.440. The number of nitrogens with zero attached hydrogens (tertiary/aromatic N) is 5. The van der Waals surface area contributed by atoms with Crippen LogP contribution in [0.1, 0.15) is 55.4 Å². The van der Waals surface area contributed by atoms with Crippen LogP contribution >= 0.6 is 136 Å². The van der Waals surface area contributed by atoms with Crippen LogP contribution in [0.15, 0.2) is 73.2 Å². The van der Waals surface area contributed by atoms with Gasteiger partial charge in [0, 0.05) is 75.8 Å². The standard InChI is InChI=1S/C10H14BFO2S.C9H6FN3O2S.C9H8FN3S.C5H4ClN3O2.C2H5I.C2H6.C2H5.CI3.2V/c1-9(2)10(3,4)14-11(13-9)7-5-6-8(12)15-7;10-7-2-1-6(16-7)5-3-4-12-9(11)8(5)13(14)15;10-7-2-1-6(14-7)5-3-4-13-9(12)8(5)11;6-3-1-2-8-5(7)4(3)9(10)11;1-2-3;2*1-2;2-1(3)4;;/h5-6H,1-4H3;1-4H,(H2,11,12);1-4H,11H2,(H2,12,13);1-2H,(H2,7,8);2H2,1H3;1-2H3;1H2,2H3;;;/q;;;;;;2*-1;;. The molecule has 69 heavy (non-hydrogen) atoms. The number of thiophene rings is 3. The van der Waals surface area contributed by atoms with Crippen molar-refractivity contribution in [2.45, 2.75) is 66.6 Å². The predicted octanol–water partition coefficient (Wildman–Crippen LogP) is 14.0. The van der Waals surface area contributed by atoms with Gasteiger partial charge in [-0.2, -0.15) is 20.1 Å². The summed E-state index contributed by atoms with van der Waals surface area (Å²) in [6, 6.07) is 13.4. The number of pyridine rings is 3. The molecule has 378 valence electrons. The molecule has 0 spiro atoms. The van der Waals surface area contributed by atoms with Crippen LogP contribution in [0.25, 0.3) is 20.9 Å². The minimum Gasteiger partial charge on any atom is -0.399 e. The molecular weight excluding hydrogens is 1510 g/mol. The van der Waals surface area contributed by atoms with Gasteiger partial charge in [-0.15, -0.1) is 33.9 Å². The molecule has 1 aliphatic rings. The van der Waals surface area contributed by atoms with E-state index in [9.17, 15) is 33.4 Å². The van der Waals surface area contributed by atoms with E-state index in [1.165, 1.54) is 53.2 Å². The van der Waals surface area contributed by atoms with Crippen molar-refractivity contribution in [3.05, 3.63) is 121 Å². The number of rotatable bonds is 5. The fraction of sp³-hybridized carbons (Fsp3) is 0.275. The summed E-state index contributed by atoms with van der Waals surface area (Å²) in [5.74, 6) is -0.0601. The summed E-state index contributed by atoms with van der Waals surface area (Å²) in [5, 5.41) is 20.2. The molecule has 2 radical (unpaired) electrons. The number of hydrogen-bond donors (Lipinski definition) is 4. The van der Waals surface area contributed by atoms with Crippen molar-refractivity contribution in [2.75, 3.05) is 27.4 Å². The van der Waals surface area contributed by atoms with Crippen LogP contribution in [0.5, 0.6) is 0 Å². The summed E-state index contributed by atoms with van der Waals surface area (Å²) in [6.07, 6.45) is 4.22. The Morgan fingerprint density at radius 2 is 1.04 bits per heavy atom.